The maximum Gasteiger partial charge on any atom is 0.136 e. The predicted molar refractivity (Wildman–Crippen MR) is 147 cm³/mol. The molecule has 180 valence electrons. The molecule has 1 aliphatic rings. The first-order valence-corrected chi connectivity index (χ1v) is 11.9. The van der Waals surface area contributed by atoms with Crippen LogP contribution in [0.1, 0.15) is 46.6 Å². The van der Waals surface area contributed by atoms with E-state index in [0.717, 1.165) is 45.8 Å². The Balaban J connectivity index is 0.00000256. The van der Waals surface area contributed by atoms with Crippen molar-refractivity contribution in [2.75, 3.05) is 57.3 Å². The maximum absolute atomic E-state index is 5.21. The zero-order valence-corrected chi connectivity index (χ0v) is 22.1. The first-order chi connectivity index (χ1) is 14.6. The second kappa shape index (κ2) is 14.0. The topological polar surface area (TPSA) is 22.1 Å². The molecule has 0 spiro atoms. The van der Waals surface area contributed by atoms with Gasteiger partial charge in [0.2, 0.25) is 0 Å². The first kappa shape index (κ1) is 28.7. The van der Waals surface area contributed by atoms with Gasteiger partial charge in [0.05, 0.1) is 5.69 Å². The highest BCUT2D eigenvalue weighted by Gasteiger charge is 2.27. The lowest BCUT2D eigenvalue weighted by atomic mass is 10.1. The molecule has 0 saturated carbocycles. The molecule has 2 aromatic carbocycles. The molecule has 1 aliphatic heterocycles. The molecule has 1 atom stereocenters. The fourth-order valence-electron chi connectivity index (χ4n) is 4.45. The highest BCUT2D eigenvalue weighted by molar-refractivity contribution is 6.27. The summed E-state index contributed by atoms with van der Waals surface area (Å²) in [6, 6.07) is 13.3. The van der Waals surface area contributed by atoms with Crippen LogP contribution in [0.3, 0.4) is 0 Å². The molecule has 0 fully saturated rings. The second-order valence-electron chi connectivity index (χ2n) is 8.44. The molecule has 1 unspecified atom stereocenters. The Morgan fingerprint density at radius 1 is 0.844 bits per heavy atom. The summed E-state index contributed by atoms with van der Waals surface area (Å²) in [5, 5.41) is 2.69. The monoisotopic (exact) mass is 480 g/mol. The van der Waals surface area contributed by atoms with Crippen molar-refractivity contribution >= 4 is 47.1 Å². The lowest BCUT2D eigenvalue weighted by Crippen LogP contribution is -2.37. The van der Waals surface area contributed by atoms with E-state index >= 15 is 0 Å². The summed E-state index contributed by atoms with van der Waals surface area (Å²) >= 11 is 0. The minimum absolute atomic E-state index is 0. The van der Waals surface area contributed by atoms with Crippen LogP contribution in [-0.2, 0) is 0 Å². The molecular formula is C26H42Cl2N4. The Labute approximate surface area is 207 Å². The number of aliphatic imine (C=N–C) groups is 1. The number of hydrogen-bond acceptors (Lipinski definition) is 3. The summed E-state index contributed by atoms with van der Waals surface area (Å²) in [6.07, 6.45) is 1.20. The minimum Gasteiger partial charge on any atom is -0.324 e. The van der Waals surface area contributed by atoms with E-state index in [0.29, 0.717) is 5.92 Å². The third-order valence-corrected chi connectivity index (χ3v) is 6.59. The number of hydrogen-bond donors (Lipinski definition) is 0. The van der Waals surface area contributed by atoms with Crippen LogP contribution in [0.15, 0.2) is 41.4 Å². The number of benzene rings is 2. The van der Waals surface area contributed by atoms with Crippen molar-refractivity contribution in [2.45, 2.75) is 41.0 Å². The molecule has 0 aliphatic carbocycles. The van der Waals surface area contributed by atoms with Crippen molar-refractivity contribution in [3.05, 3.63) is 42.0 Å². The Kier molecular flexibility index (Phi) is 12.6. The van der Waals surface area contributed by atoms with Gasteiger partial charge in [0.25, 0.3) is 0 Å². The third-order valence-electron chi connectivity index (χ3n) is 6.59. The van der Waals surface area contributed by atoms with Crippen LogP contribution in [-0.4, -0.2) is 68.0 Å². The summed E-state index contributed by atoms with van der Waals surface area (Å²) in [5.74, 6) is 1.76. The van der Waals surface area contributed by atoms with E-state index in [2.05, 4.69) is 85.7 Å². The van der Waals surface area contributed by atoms with Gasteiger partial charge in [-0.05, 0) is 56.5 Å². The largest absolute Gasteiger partial charge is 0.324 e. The summed E-state index contributed by atoms with van der Waals surface area (Å²) < 4.78 is 0. The SMILES string of the molecule is CCN(CC)CCC(C)CN=C1c2cccc3cccc(c23)N1CCN(CC)CC.Cl.Cl. The van der Waals surface area contributed by atoms with Crippen LogP contribution in [0.25, 0.3) is 10.8 Å². The maximum atomic E-state index is 5.21. The third kappa shape index (κ3) is 6.60. The Morgan fingerprint density at radius 2 is 1.44 bits per heavy atom. The van der Waals surface area contributed by atoms with Gasteiger partial charge in [0, 0.05) is 30.6 Å². The molecule has 1 heterocycles. The van der Waals surface area contributed by atoms with E-state index in [1.54, 1.807) is 0 Å². The average Bonchev–Trinajstić information content (AvgIpc) is 3.08. The van der Waals surface area contributed by atoms with Crippen LogP contribution in [0.4, 0.5) is 5.69 Å². The number of nitrogens with zero attached hydrogens (tertiary/aromatic N) is 4. The van der Waals surface area contributed by atoms with Gasteiger partial charge in [0.15, 0.2) is 0 Å². The molecule has 0 aromatic heterocycles. The van der Waals surface area contributed by atoms with Crippen LogP contribution in [0, 0.1) is 5.92 Å². The van der Waals surface area contributed by atoms with Crippen molar-refractivity contribution in [1.29, 1.82) is 0 Å². The number of anilines is 1. The summed E-state index contributed by atoms with van der Waals surface area (Å²) in [5.41, 5.74) is 2.63. The molecule has 0 amide bonds. The standard InChI is InChI=1S/C26H40N4.2ClH/c1-6-28(7-2)17-16-21(5)20-27-26-23-14-10-12-22-13-11-15-24(25(22)23)30(26)19-18-29(8-3)9-4;;/h10-15,21H,6-9,16-20H2,1-5H3;2*1H. The van der Waals surface area contributed by atoms with Gasteiger partial charge >= 0.3 is 0 Å². The lowest BCUT2D eigenvalue weighted by molar-refractivity contribution is 0.281. The Hall–Kier alpha value is -1.33. The highest BCUT2D eigenvalue weighted by Crippen LogP contribution is 2.37. The van der Waals surface area contributed by atoms with Gasteiger partial charge in [-0.25, -0.2) is 0 Å². The number of amidine groups is 1. The van der Waals surface area contributed by atoms with E-state index in [9.17, 15) is 0 Å². The van der Waals surface area contributed by atoms with Gasteiger partial charge in [-0.3, -0.25) is 4.99 Å². The fraction of sp³-hybridized carbons (Fsp3) is 0.577. The summed E-state index contributed by atoms with van der Waals surface area (Å²) in [6.45, 7) is 19.9. The fourth-order valence-corrected chi connectivity index (χ4v) is 4.45. The molecule has 0 saturated heterocycles. The van der Waals surface area contributed by atoms with E-state index in [4.69, 9.17) is 4.99 Å². The quantitative estimate of drug-likeness (QED) is 0.374. The Bertz CT molecular complexity index is 842. The summed E-state index contributed by atoms with van der Waals surface area (Å²) in [7, 11) is 0. The zero-order valence-electron chi connectivity index (χ0n) is 20.5. The van der Waals surface area contributed by atoms with E-state index in [1.165, 1.54) is 40.8 Å². The van der Waals surface area contributed by atoms with E-state index in [-0.39, 0.29) is 24.8 Å². The molecule has 3 rings (SSSR count). The second-order valence-corrected chi connectivity index (χ2v) is 8.44. The first-order valence-electron chi connectivity index (χ1n) is 11.9. The van der Waals surface area contributed by atoms with Crippen molar-refractivity contribution in [3.63, 3.8) is 0 Å². The molecular weight excluding hydrogens is 439 g/mol. The molecule has 2 aromatic rings. The highest BCUT2D eigenvalue weighted by atomic mass is 35.5. The minimum atomic E-state index is 0. The van der Waals surface area contributed by atoms with Crippen LogP contribution >= 0.6 is 24.8 Å². The van der Waals surface area contributed by atoms with E-state index < -0.39 is 0 Å². The van der Waals surface area contributed by atoms with Crippen molar-refractivity contribution in [1.82, 2.24) is 9.80 Å². The molecule has 0 radical (unpaired) electrons. The number of likely N-dealkylation sites (N-methyl/N-ethyl adjacent to an activating group) is 1. The number of halogens is 2. The van der Waals surface area contributed by atoms with Gasteiger partial charge < -0.3 is 14.7 Å². The molecule has 6 heteroatoms. The number of rotatable bonds is 12. The van der Waals surface area contributed by atoms with E-state index in [1.807, 2.05) is 0 Å². The predicted octanol–water partition coefficient (Wildman–Crippen LogP) is 5.96. The van der Waals surface area contributed by atoms with Gasteiger partial charge in [-0.2, -0.15) is 0 Å². The van der Waals surface area contributed by atoms with Crippen LogP contribution in [0.5, 0.6) is 0 Å². The van der Waals surface area contributed by atoms with Gasteiger partial charge in [-0.1, -0.05) is 65.0 Å². The molecule has 0 N–H and O–H groups in total. The van der Waals surface area contributed by atoms with Gasteiger partial charge in [-0.15, -0.1) is 24.8 Å². The lowest BCUT2D eigenvalue weighted by Gasteiger charge is -2.26. The Morgan fingerprint density at radius 3 is 2.06 bits per heavy atom. The van der Waals surface area contributed by atoms with Gasteiger partial charge in [0.1, 0.15) is 5.84 Å². The van der Waals surface area contributed by atoms with Crippen molar-refractivity contribution in [2.24, 2.45) is 10.9 Å². The molecule has 4 nitrogen and oxygen atoms in total. The molecule has 0 bridgehead atoms. The van der Waals surface area contributed by atoms with Crippen molar-refractivity contribution in [3.8, 4) is 0 Å². The average molecular weight is 482 g/mol. The normalized spacial score (nSPS) is 14.8. The van der Waals surface area contributed by atoms with Crippen molar-refractivity contribution < 1.29 is 0 Å². The summed E-state index contributed by atoms with van der Waals surface area (Å²) in [4.78, 5) is 12.7. The van der Waals surface area contributed by atoms with Crippen LogP contribution < -0.4 is 4.90 Å². The zero-order chi connectivity index (χ0) is 21.5. The van der Waals surface area contributed by atoms with Crippen LogP contribution in [0.2, 0.25) is 0 Å². The smallest absolute Gasteiger partial charge is 0.136 e. The molecule has 32 heavy (non-hydrogen) atoms.